The highest BCUT2D eigenvalue weighted by Gasteiger charge is 2.50. The molecule has 0 atom stereocenters. The third-order valence-electron chi connectivity index (χ3n) is 6.62. The van der Waals surface area contributed by atoms with E-state index in [1.165, 1.54) is 38.5 Å². The zero-order valence-corrected chi connectivity index (χ0v) is 15.9. The quantitative estimate of drug-likeness (QED) is 0.831. The Balaban J connectivity index is 1.10. The van der Waals surface area contributed by atoms with Crippen molar-refractivity contribution in [3.8, 4) is 0 Å². The molecule has 0 spiro atoms. The molecule has 4 saturated carbocycles. The van der Waals surface area contributed by atoms with Crippen LogP contribution in [0.1, 0.15) is 43.5 Å². The molecule has 138 valence electrons. The Morgan fingerprint density at radius 1 is 1.15 bits per heavy atom. The summed E-state index contributed by atoms with van der Waals surface area (Å²) in [5, 5.41) is 4.10. The molecule has 4 aliphatic carbocycles. The van der Waals surface area contributed by atoms with Crippen LogP contribution in [0.2, 0.25) is 0 Å². The number of benzene rings is 1. The predicted molar refractivity (Wildman–Crippen MR) is 103 cm³/mol. The van der Waals surface area contributed by atoms with Gasteiger partial charge in [-0.25, -0.2) is 4.98 Å². The van der Waals surface area contributed by atoms with Gasteiger partial charge < -0.3 is 10.1 Å². The molecule has 4 bridgehead atoms. The molecular formula is C21H26N2O2S. The first-order valence-corrected chi connectivity index (χ1v) is 10.7. The lowest BCUT2D eigenvalue weighted by molar-refractivity contribution is -0.128. The molecule has 1 heterocycles. The molecule has 1 amide bonds. The number of fused-ring (bicyclic) bond motifs is 1. The van der Waals surface area contributed by atoms with Crippen molar-refractivity contribution in [2.24, 2.45) is 23.2 Å². The highest BCUT2D eigenvalue weighted by molar-refractivity contribution is 7.18. The van der Waals surface area contributed by atoms with Crippen LogP contribution >= 0.6 is 11.3 Å². The lowest BCUT2D eigenvalue weighted by atomic mass is 9.49. The molecule has 4 nitrogen and oxygen atoms in total. The molecule has 26 heavy (non-hydrogen) atoms. The largest absolute Gasteiger partial charge is 0.364 e. The Labute approximate surface area is 158 Å². The van der Waals surface area contributed by atoms with E-state index in [2.05, 4.69) is 16.4 Å². The standard InChI is InChI=1S/C21H26N2O2S/c24-19(11-25-12-20-23-17-3-1-2-4-18(17)26-20)22-13-21-8-14-5-15(9-21)7-16(6-14)10-21/h1-4,14-16H,5-13H2,(H,22,24). The number of rotatable bonds is 6. The Hall–Kier alpha value is -1.46. The van der Waals surface area contributed by atoms with Gasteiger partial charge in [-0.1, -0.05) is 12.1 Å². The molecular weight excluding hydrogens is 344 g/mol. The number of aromatic nitrogens is 1. The number of carbonyl (C=O) groups excluding carboxylic acids is 1. The average Bonchev–Trinajstić information content (AvgIpc) is 3.02. The van der Waals surface area contributed by atoms with Gasteiger partial charge in [0.2, 0.25) is 5.91 Å². The molecule has 0 aliphatic heterocycles. The van der Waals surface area contributed by atoms with E-state index in [1.807, 2.05) is 18.2 Å². The van der Waals surface area contributed by atoms with E-state index in [1.54, 1.807) is 11.3 Å². The molecule has 0 unspecified atom stereocenters. The van der Waals surface area contributed by atoms with Crippen LogP contribution in [0.3, 0.4) is 0 Å². The second-order valence-electron chi connectivity index (χ2n) is 8.76. The maximum atomic E-state index is 12.2. The summed E-state index contributed by atoms with van der Waals surface area (Å²) < 4.78 is 6.78. The number of hydrogen-bond acceptors (Lipinski definition) is 4. The summed E-state index contributed by atoms with van der Waals surface area (Å²) >= 11 is 1.63. The fourth-order valence-electron chi connectivity index (χ4n) is 6.06. The summed E-state index contributed by atoms with van der Waals surface area (Å²) in [6.07, 6.45) is 8.30. The lowest BCUT2D eigenvalue weighted by Crippen LogP contribution is -2.51. The zero-order chi connectivity index (χ0) is 17.6. The minimum Gasteiger partial charge on any atom is -0.364 e. The van der Waals surface area contributed by atoms with Crippen molar-refractivity contribution in [3.05, 3.63) is 29.3 Å². The summed E-state index contributed by atoms with van der Waals surface area (Å²) in [5.41, 5.74) is 1.39. The van der Waals surface area contributed by atoms with Crippen molar-refractivity contribution in [3.63, 3.8) is 0 Å². The van der Waals surface area contributed by atoms with Crippen LogP contribution in [0.4, 0.5) is 0 Å². The van der Waals surface area contributed by atoms with Gasteiger partial charge in [0.15, 0.2) is 0 Å². The summed E-state index contributed by atoms with van der Waals surface area (Å²) in [6, 6.07) is 8.08. The predicted octanol–water partition coefficient (Wildman–Crippen LogP) is 4.15. The van der Waals surface area contributed by atoms with Crippen LogP contribution in [0.15, 0.2) is 24.3 Å². The van der Waals surface area contributed by atoms with Gasteiger partial charge >= 0.3 is 0 Å². The highest BCUT2D eigenvalue weighted by Crippen LogP contribution is 2.59. The Bertz CT molecular complexity index is 747. The number of para-hydroxylation sites is 1. The first-order valence-electron chi connectivity index (χ1n) is 9.86. The van der Waals surface area contributed by atoms with Crippen molar-refractivity contribution in [2.45, 2.75) is 45.1 Å². The average molecular weight is 371 g/mol. The first-order chi connectivity index (χ1) is 12.7. The molecule has 1 N–H and O–H groups in total. The molecule has 4 fully saturated rings. The number of ether oxygens (including phenoxy) is 1. The number of carbonyl (C=O) groups is 1. The van der Waals surface area contributed by atoms with Crippen LogP contribution in [-0.2, 0) is 16.1 Å². The molecule has 2 aromatic rings. The maximum absolute atomic E-state index is 12.2. The van der Waals surface area contributed by atoms with Crippen LogP contribution < -0.4 is 5.32 Å². The zero-order valence-electron chi connectivity index (χ0n) is 15.1. The van der Waals surface area contributed by atoms with E-state index < -0.39 is 0 Å². The molecule has 0 saturated heterocycles. The second-order valence-corrected chi connectivity index (χ2v) is 9.88. The molecule has 0 radical (unpaired) electrons. The van der Waals surface area contributed by atoms with E-state index in [0.29, 0.717) is 12.0 Å². The van der Waals surface area contributed by atoms with E-state index in [-0.39, 0.29) is 12.5 Å². The molecule has 4 aliphatic rings. The van der Waals surface area contributed by atoms with Crippen molar-refractivity contribution in [2.75, 3.05) is 13.2 Å². The van der Waals surface area contributed by atoms with E-state index in [9.17, 15) is 4.79 Å². The molecule has 1 aromatic heterocycles. The van der Waals surface area contributed by atoms with Gasteiger partial charge in [0, 0.05) is 6.54 Å². The smallest absolute Gasteiger partial charge is 0.246 e. The van der Waals surface area contributed by atoms with Gasteiger partial charge in [-0.05, 0) is 73.8 Å². The second kappa shape index (κ2) is 6.61. The third-order valence-corrected chi connectivity index (χ3v) is 7.63. The van der Waals surface area contributed by atoms with Crippen molar-refractivity contribution in [1.82, 2.24) is 10.3 Å². The van der Waals surface area contributed by atoms with Gasteiger partial charge in [0.05, 0.1) is 16.8 Å². The maximum Gasteiger partial charge on any atom is 0.246 e. The van der Waals surface area contributed by atoms with E-state index in [4.69, 9.17) is 4.74 Å². The summed E-state index contributed by atoms with van der Waals surface area (Å²) in [6.45, 7) is 1.38. The van der Waals surface area contributed by atoms with E-state index in [0.717, 1.165) is 39.5 Å². The number of hydrogen-bond donors (Lipinski definition) is 1. The minimum absolute atomic E-state index is 0.0156. The number of amides is 1. The minimum atomic E-state index is 0.0156. The normalized spacial score (nSPS) is 32.2. The van der Waals surface area contributed by atoms with Crippen LogP contribution in [-0.4, -0.2) is 24.0 Å². The Kier molecular flexibility index (Phi) is 4.24. The topological polar surface area (TPSA) is 51.2 Å². The summed E-state index contributed by atoms with van der Waals surface area (Å²) in [5.74, 6) is 2.79. The van der Waals surface area contributed by atoms with Crippen molar-refractivity contribution >= 4 is 27.5 Å². The monoisotopic (exact) mass is 370 g/mol. The third kappa shape index (κ3) is 3.27. The van der Waals surface area contributed by atoms with Crippen molar-refractivity contribution < 1.29 is 9.53 Å². The first kappa shape index (κ1) is 16.7. The van der Waals surface area contributed by atoms with Crippen LogP contribution in [0, 0.1) is 23.2 Å². The molecule has 6 rings (SSSR count). The fourth-order valence-corrected chi connectivity index (χ4v) is 6.96. The van der Waals surface area contributed by atoms with Gasteiger partial charge in [-0.15, -0.1) is 11.3 Å². The SMILES string of the molecule is O=C(COCc1nc2ccccc2s1)NCC12CC3CC(CC(C3)C1)C2. The number of thiazole rings is 1. The Morgan fingerprint density at radius 3 is 2.54 bits per heavy atom. The van der Waals surface area contributed by atoms with Gasteiger partial charge in [0.25, 0.3) is 0 Å². The summed E-state index contributed by atoms with van der Waals surface area (Å²) in [7, 11) is 0. The van der Waals surface area contributed by atoms with Gasteiger partial charge in [-0.3, -0.25) is 4.79 Å². The van der Waals surface area contributed by atoms with Crippen molar-refractivity contribution in [1.29, 1.82) is 0 Å². The van der Waals surface area contributed by atoms with Crippen LogP contribution in [0.5, 0.6) is 0 Å². The number of nitrogens with zero attached hydrogens (tertiary/aromatic N) is 1. The Morgan fingerprint density at radius 2 is 1.85 bits per heavy atom. The molecule has 1 aromatic carbocycles. The van der Waals surface area contributed by atoms with Gasteiger partial charge in [-0.2, -0.15) is 0 Å². The highest BCUT2D eigenvalue weighted by atomic mass is 32.1. The van der Waals surface area contributed by atoms with Crippen LogP contribution in [0.25, 0.3) is 10.2 Å². The summed E-state index contributed by atoms with van der Waals surface area (Å²) in [4.78, 5) is 16.8. The fraction of sp³-hybridized carbons (Fsp3) is 0.619. The number of nitrogens with one attached hydrogen (secondary N) is 1. The lowest BCUT2D eigenvalue weighted by Gasteiger charge is -2.56. The molecule has 5 heteroatoms. The van der Waals surface area contributed by atoms with Gasteiger partial charge in [0.1, 0.15) is 11.6 Å². The van der Waals surface area contributed by atoms with E-state index >= 15 is 0 Å².